The first-order valence-electron chi connectivity index (χ1n) is 6.87. The molecule has 0 saturated carbocycles. The van der Waals surface area contributed by atoms with E-state index in [1.54, 1.807) is 0 Å². The average Bonchev–Trinajstić information content (AvgIpc) is 2.33. The van der Waals surface area contributed by atoms with Crippen molar-refractivity contribution < 1.29 is 4.74 Å². The van der Waals surface area contributed by atoms with Gasteiger partial charge in [0.2, 0.25) is 0 Å². The smallest absolute Gasteiger partial charge is 0.0594 e. The van der Waals surface area contributed by atoms with Crippen molar-refractivity contribution in [3.05, 3.63) is 0 Å². The highest BCUT2D eigenvalue weighted by atomic mass is 16.5. The van der Waals surface area contributed by atoms with Crippen molar-refractivity contribution in [1.82, 2.24) is 9.80 Å². The minimum absolute atomic E-state index is 0.932. The van der Waals surface area contributed by atoms with Crippen LogP contribution in [-0.2, 0) is 4.74 Å². The van der Waals surface area contributed by atoms with Crippen molar-refractivity contribution in [2.45, 2.75) is 26.2 Å². The van der Waals surface area contributed by atoms with Gasteiger partial charge in [-0.3, -0.25) is 4.90 Å². The van der Waals surface area contributed by atoms with Gasteiger partial charge in [-0.2, -0.15) is 0 Å². The van der Waals surface area contributed by atoms with E-state index in [9.17, 15) is 0 Å². The summed E-state index contributed by atoms with van der Waals surface area (Å²) >= 11 is 0. The van der Waals surface area contributed by atoms with Gasteiger partial charge in [0.15, 0.2) is 0 Å². The van der Waals surface area contributed by atoms with Crippen LogP contribution >= 0.6 is 0 Å². The van der Waals surface area contributed by atoms with Gasteiger partial charge in [-0.05, 0) is 51.4 Å². The predicted molar refractivity (Wildman–Crippen MR) is 66.7 cm³/mol. The second kappa shape index (κ2) is 6.58. The Labute approximate surface area is 99.7 Å². The molecule has 0 bridgehead atoms. The van der Waals surface area contributed by atoms with Gasteiger partial charge >= 0.3 is 0 Å². The van der Waals surface area contributed by atoms with E-state index in [0.29, 0.717) is 0 Å². The fraction of sp³-hybridized carbons (Fsp3) is 1.00. The Kier molecular flexibility index (Phi) is 5.07. The van der Waals surface area contributed by atoms with Gasteiger partial charge in [-0.15, -0.1) is 0 Å². The van der Waals surface area contributed by atoms with E-state index >= 15 is 0 Å². The van der Waals surface area contributed by atoms with Crippen LogP contribution in [0.5, 0.6) is 0 Å². The largest absolute Gasteiger partial charge is 0.379 e. The van der Waals surface area contributed by atoms with Gasteiger partial charge in [0.25, 0.3) is 0 Å². The molecule has 0 radical (unpaired) electrons. The highest BCUT2D eigenvalue weighted by molar-refractivity contribution is 4.70. The monoisotopic (exact) mass is 226 g/mol. The number of nitrogens with zero attached hydrogens (tertiary/aromatic N) is 2. The lowest BCUT2D eigenvalue weighted by Gasteiger charge is -2.31. The molecule has 3 nitrogen and oxygen atoms in total. The Bertz CT molecular complexity index is 184. The minimum Gasteiger partial charge on any atom is -0.379 e. The summed E-state index contributed by atoms with van der Waals surface area (Å²) in [5, 5.41) is 0. The summed E-state index contributed by atoms with van der Waals surface area (Å²) in [6.07, 6.45) is 4.13. The molecule has 0 aromatic rings. The second-order valence-electron chi connectivity index (χ2n) is 5.33. The summed E-state index contributed by atoms with van der Waals surface area (Å²) in [7, 11) is 0. The SMILES string of the molecule is CC1CCN(CCCN2CCOCC2)CC1. The molecule has 2 heterocycles. The number of rotatable bonds is 4. The summed E-state index contributed by atoms with van der Waals surface area (Å²) in [5.74, 6) is 0.954. The zero-order valence-electron chi connectivity index (χ0n) is 10.7. The van der Waals surface area contributed by atoms with Crippen LogP contribution in [-0.4, -0.2) is 62.3 Å². The molecule has 16 heavy (non-hydrogen) atoms. The van der Waals surface area contributed by atoms with Crippen molar-refractivity contribution in [2.24, 2.45) is 5.92 Å². The van der Waals surface area contributed by atoms with Gasteiger partial charge < -0.3 is 9.64 Å². The van der Waals surface area contributed by atoms with E-state index in [1.165, 1.54) is 45.4 Å². The molecule has 0 amide bonds. The zero-order chi connectivity index (χ0) is 11.2. The number of piperidine rings is 1. The maximum absolute atomic E-state index is 5.36. The number of hydrogen-bond donors (Lipinski definition) is 0. The topological polar surface area (TPSA) is 15.7 Å². The molecular weight excluding hydrogens is 200 g/mol. The summed E-state index contributed by atoms with van der Waals surface area (Å²) in [5.41, 5.74) is 0. The van der Waals surface area contributed by atoms with Crippen molar-refractivity contribution in [3.63, 3.8) is 0 Å². The van der Waals surface area contributed by atoms with Crippen LogP contribution in [0.2, 0.25) is 0 Å². The Morgan fingerprint density at radius 3 is 2.12 bits per heavy atom. The summed E-state index contributed by atoms with van der Waals surface area (Å²) < 4.78 is 5.36. The highest BCUT2D eigenvalue weighted by Crippen LogP contribution is 2.15. The van der Waals surface area contributed by atoms with Crippen LogP contribution in [0.25, 0.3) is 0 Å². The van der Waals surface area contributed by atoms with Crippen molar-refractivity contribution in [3.8, 4) is 0 Å². The summed E-state index contributed by atoms with van der Waals surface area (Å²) in [4.78, 5) is 5.18. The van der Waals surface area contributed by atoms with Crippen LogP contribution in [0.4, 0.5) is 0 Å². The van der Waals surface area contributed by atoms with E-state index in [1.807, 2.05) is 0 Å². The van der Waals surface area contributed by atoms with Gasteiger partial charge in [0.05, 0.1) is 13.2 Å². The zero-order valence-corrected chi connectivity index (χ0v) is 10.7. The molecule has 3 heteroatoms. The molecule has 0 unspecified atom stereocenters. The second-order valence-corrected chi connectivity index (χ2v) is 5.33. The van der Waals surface area contributed by atoms with E-state index < -0.39 is 0 Å². The molecule has 0 aliphatic carbocycles. The molecule has 2 fully saturated rings. The quantitative estimate of drug-likeness (QED) is 0.721. The first-order valence-corrected chi connectivity index (χ1v) is 6.87. The number of ether oxygens (including phenoxy) is 1. The van der Waals surface area contributed by atoms with Crippen LogP contribution in [0.15, 0.2) is 0 Å². The van der Waals surface area contributed by atoms with Gasteiger partial charge in [-0.1, -0.05) is 6.92 Å². The lowest BCUT2D eigenvalue weighted by molar-refractivity contribution is 0.0356. The Morgan fingerprint density at radius 1 is 0.938 bits per heavy atom. The fourth-order valence-corrected chi connectivity index (χ4v) is 2.63. The first kappa shape index (κ1) is 12.3. The summed E-state index contributed by atoms with van der Waals surface area (Å²) in [6.45, 7) is 11.7. The highest BCUT2D eigenvalue weighted by Gasteiger charge is 2.15. The number of hydrogen-bond acceptors (Lipinski definition) is 3. The Hall–Kier alpha value is -0.120. The summed E-state index contributed by atoms with van der Waals surface area (Å²) in [6, 6.07) is 0. The molecule has 0 atom stereocenters. The lowest BCUT2D eigenvalue weighted by atomic mass is 9.99. The molecule has 0 aromatic heterocycles. The minimum atomic E-state index is 0.932. The third-order valence-corrected chi connectivity index (χ3v) is 3.93. The molecule has 2 rings (SSSR count). The molecule has 0 N–H and O–H groups in total. The van der Waals surface area contributed by atoms with Gasteiger partial charge in [0.1, 0.15) is 0 Å². The van der Waals surface area contributed by atoms with E-state index in [2.05, 4.69) is 16.7 Å². The molecule has 2 aliphatic rings. The maximum atomic E-state index is 5.36. The fourth-order valence-electron chi connectivity index (χ4n) is 2.63. The molecular formula is C13H26N2O. The van der Waals surface area contributed by atoms with E-state index in [-0.39, 0.29) is 0 Å². The van der Waals surface area contributed by atoms with Crippen LogP contribution < -0.4 is 0 Å². The van der Waals surface area contributed by atoms with Gasteiger partial charge in [-0.25, -0.2) is 0 Å². The number of morpholine rings is 1. The van der Waals surface area contributed by atoms with Crippen LogP contribution in [0, 0.1) is 5.92 Å². The van der Waals surface area contributed by atoms with E-state index in [0.717, 1.165) is 32.2 Å². The average molecular weight is 226 g/mol. The molecule has 0 aromatic carbocycles. The Morgan fingerprint density at radius 2 is 1.50 bits per heavy atom. The molecule has 2 saturated heterocycles. The third-order valence-electron chi connectivity index (χ3n) is 3.93. The third kappa shape index (κ3) is 4.04. The van der Waals surface area contributed by atoms with Crippen LogP contribution in [0.1, 0.15) is 26.2 Å². The number of likely N-dealkylation sites (tertiary alicyclic amines) is 1. The predicted octanol–water partition coefficient (Wildman–Crippen LogP) is 1.44. The van der Waals surface area contributed by atoms with E-state index in [4.69, 9.17) is 4.74 Å². The Balaban J connectivity index is 1.53. The van der Waals surface area contributed by atoms with Crippen molar-refractivity contribution in [1.29, 1.82) is 0 Å². The van der Waals surface area contributed by atoms with Crippen molar-refractivity contribution in [2.75, 3.05) is 52.5 Å². The van der Waals surface area contributed by atoms with Crippen molar-refractivity contribution >= 4 is 0 Å². The standard InChI is InChI=1S/C13H26N2O/c1-13-3-7-14(8-4-13)5-2-6-15-9-11-16-12-10-15/h13H,2-12H2,1H3. The van der Waals surface area contributed by atoms with Crippen LogP contribution in [0.3, 0.4) is 0 Å². The molecule has 94 valence electrons. The molecule has 0 spiro atoms. The normalized spacial score (nSPS) is 26.1. The lowest BCUT2D eigenvalue weighted by Crippen LogP contribution is -2.39. The molecule has 2 aliphatic heterocycles. The van der Waals surface area contributed by atoms with Gasteiger partial charge in [0, 0.05) is 13.1 Å². The first-order chi connectivity index (χ1) is 7.84. The maximum Gasteiger partial charge on any atom is 0.0594 e.